The summed E-state index contributed by atoms with van der Waals surface area (Å²) in [6, 6.07) is 0. The molecule has 0 saturated carbocycles. The third-order valence-electron chi connectivity index (χ3n) is 5.07. The van der Waals surface area contributed by atoms with E-state index in [9.17, 15) is 4.79 Å². The van der Waals surface area contributed by atoms with E-state index in [0.29, 0.717) is 12.3 Å². The van der Waals surface area contributed by atoms with E-state index in [-0.39, 0.29) is 0 Å². The zero-order chi connectivity index (χ0) is 13.7. The summed E-state index contributed by atoms with van der Waals surface area (Å²) >= 11 is 0. The monoisotopic (exact) mass is 266 g/mol. The van der Waals surface area contributed by atoms with Gasteiger partial charge in [-0.05, 0) is 50.6 Å². The van der Waals surface area contributed by atoms with Gasteiger partial charge in [0.05, 0.1) is 0 Å². The highest BCUT2D eigenvalue weighted by molar-refractivity contribution is 5.75. The lowest BCUT2D eigenvalue weighted by atomic mass is 9.91. The lowest BCUT2D eigenvalue weighted by molar-refractivity contribution is -0.132. The van der Waals surface area contributed by atoms with E-state index in [1.165, 1.54) is 51.7 Å². The minimum absolute atomic E-state index is 0.335. The van der Waals surface area contributed by atoms with Gasteiger partial charge in [0.25, 0.3) is 0 Å². The first-order chi connectivity index (χ1) is 9.22. The molecule has 3 nitrogen and oxygen atoms in total. The average Bonchev–Trinajstić information content (AvgIpc) is 2.48. The van der Waals surface area contributed by atoms with Crippen LogP contribution in [0.3, 0.4) is 0 Å². The summed E-state index contributed by atoms with van der Waals surface area (Å²) in [4.78, 5) is 16.4. The van der Waals surface area contributed by atoms with E-state index < -0.39 is 0 Å². The van der Waals surface area contributed by atoms with Crippen LogP contribution < -0.4 is 0 Å². The van der Waals surface area contributed by atoms with Gasteiger partial charge >= 0.3 is 0 Å². The smallest absolute Gasteiger partial charge is 0.222 e. The lowest BCUT2D eigenvalue weighted by Gasteiger charge is -2.37. The second-order valence-corrected chi connectivity index (χ2v) is 6.33. The fourth-order valence-electron chi connectivity index (χ4n) is 3.53. The van der Waals surface area contributed by atoms with Gasteiger partial charge in [0, 0.05) is 26.1 Å². The van der Waals surface area contributed by atoms with Crippen LogP contribution in [0.5, 0.6) is 0 Å². The van der Waals surface area contributed by atoms with Crippen LogP contribution in [0.15, 0.2) is 0 Å². The second kappa shape index (κ2) is 7.28. The van der Waals surface area contributed by atoms with E-state index in [4.69, 9.17) is 0 Å². The molecule has 2 aliphatic rings. The Labute approximate surface area is 118 Å². The Morgan fingerprint density at radius 1 is 0.947 bits per heavy atom. The van der Waals surface area contributed by atoms with Gasteiger partial charge in [0.2, 0.25) is 5.91 Å². The zero-order valence-electron chi connectivity index (χ0n) is 12.7. The highest BCUT2D eigenvalue weighted by atomic mass is 16.2. The number of carbonyl (C=O) groups excluding carboxylic acids is 1. The lowest BCUT2D eigenvalue weighted by Crippen LogP contribution is -2.43. The van der Waals surface area contributed by atoms with Crippen molar-refractivity contribution in [1.29, 1.82) is 0 Å². The SMILES string of the molecule is CCC(=O)N1CCC(CN2CCC(CC)CC2)CC1. The van der Waals surface area contributed by atoms with Gasteiger partial charge in [-0.25, -0.2) is 0 Å². The standard InChI is InChI=1S/C16H30N2O/c1-3-14-5-9-17(10-6-14)13-15-7-11-18(12-8-15)16(19)4-2/h14-15H,3-13H2,1-2H3. The predicted molar refractivity (Wildman–Crippen MR) is 79.1 cm³/mol. The van der Waals surface area contributed by atoms with Crippen LogP contribution in [0.25, 0.3) is 0 Å². The normalized spacial score (nSPS) is 23.8. The summed E-state index contributed by atoms with van der Waals surface area (Å²) in [6.07, 6.45) is 7.22. The Morgan fingerprint density at radius 2 is 1.53 bits per heavy atom. The molecule has 0 aromatic heterocycles. The zero-order valence-corrected chi connectivity index (χ0v) is 12.7. The Hall–Kier alpha value is -0.570. The number of rotatable bonds is 4. The third-order valence-corrected chi connectivity index (χ3v) is 5.07. The number of piperidine rings is 2. The van der Waals surface area contributed by atoms with Crippen molar-refractivity contribution in [2.24, 2.45) is 11.8 Å². The van der Waals surface area contributed by atoms with Crippen molar-refractivity contribution in [1.82, 2.24) is 9.80 Å². The first-order valence-electron chi connectivity index (χ1n) is 8.23. The van der Waals surface area contributed by atoms with Crippen LogP contribution in [0, 0.1) is 11.8 Å². The third kappa shape index (κ3) is 4.20. The van der Waals surface area contributed by atoms with Gasteiger partial charge in [0.1, 0.15) is 0 Å². The molecule has 0 bridgehead atoms. The maximum Gasteiger partial charge on any atom is 0.222 e. The van der Waals surface area contributed by atoms with Crippen molar-refractivity contribution < 1.29 is 4.79 Å². The molecule has 0 N–H and O–H groups in total. The van der Waals surface area contributed by atoms with Crippen LogP contribution in [-0.2, 0) is 4.79 Å². The summed E-state index contributed by atoms with van der Waals surface area (Å²) < 4.78 is 0. The van der Waals surface area contributed by atoms with E-state index in [2.05, 4.69) is 16.7 Å². The van der Waals surface area contributed by atoms with Crippen LogP contribution >= 0.6 is 0 Å². The molecule has 3 heteroatoms. The minimum Gasteiger partial charge on any atom is -0.343 e. The van der Waals surface area contributed by atoms with Crippen molar-refractivity contribution >= 4 is 5.91 Å². The number of likely N-dealkylation sites (tertiary alicyclic amines) is 2. The summed E-state index contributed by atoms with van der Waals surface area (Å²) in [5, 5.41) is 0. The van der Waals surface area contributed by atoms with Gasteiger partial charge in [-0.3, -0.25) is 4.79 Å². The summed E-state index contributed by atoms with van der Waals surface area (Å²) in [5.41, 5.74) is 0. The fraction of sp³-hybridized carbons (Fsp3) is 0.938. The largest absolute Gasteiger partial charge is 0.343 e. The van der Waals surface area contributed by atoms with Gasteiger partial charge in [-0.2, -0.15) is 0 Å². The van der Waals surface area contributed by atoms with Crippen LogP contribution in [-0.4, -0.2) is 48.4 Å². The second-order valence-electron chi connectivity index (χ2n) is 6.33. The van der Waals surface area contributed by atoms with Gasteiger partial charge < -0.3 is 9.80 Å². The topological polar surface area (TPSA) is 23.6 Å². The molecule has 2 saturated heterocycles. The molecule has 110 valence electrons. The molecule has 0 aromatic rings. The maximum absolute atomic E-state index is 11.6. The summed E-state index contributed by atoms with van der Waals surface area (Å²) in [6.45, 7) is 10.1. The minimum atomic E-state index is 0.335. The molecule has 2 fully saturated rings. The molecule has 2 rings (SSSR count). The average molecular weight is 266 g/mol. The molecular formula is C16H30N2O. The quantitative estimate of drug-likeness (QED) is 0.781. The Kier molecular flexibility index (Phi) is 5.68. The molecule has 2 aliphatic heterocycles. The van der Waals surface area contributed by atoms with Gasteiger partial charge in [0.15, 0.2) is 0 Å². The van der Waals surface area contributed by atoms with Crippen molar-refractivity contribution in [3.05, 3.63) is 0 Å². The highest BCUT2D eigenvalue weighted by Gasteiger charge is 2.25. The van der Waals surface area contributed by atoms with Crippen molar-refractivity contribution in [2.75, 3.05) is 32.7 Å². The first-order valence-corrected chi connectivity index (χ1v) is 8.23. The molecular weight excluding hydrogens is 236 g/mol. The van der Waals surface area contributed by atoms with E-state index in [0.717, 1.165) is 24.9 Å². The molecule has 2 heterocycles. The van der Waals surface area contributed by atoms with Crippen molar-refractivity contribution in [3.8, 4) is 0 Å². The van der Waals surface area contributed by atoms with Crippen LogP contribution in [0.2, 0.25) is 0 Å². The van der Waals surface area contributed by atoms with Crippen LogP contribution in [0.1, 0.15) is 52.4 Å². The molecule has 19 heavy (non-hydrogen) atoms. The van der Waals surface area contributed by atoms with Gasteiger partial charge in [-0.15, -0.1) is 0 Å². The number of amides is 1. The molecule has 1 amide bonds. The number of carbonyl (C=O) groups is 1. The summed E-state index contributed by atoms with van der Waals surface area (Å²) in [7, 11) is 0. The Bertz CT molecular complexity index is 276. The molecule has 0 aliphatic carbocycles. The molecule has 0 atom stereocenters. The van der Waals surface area contributed by atoms with E-state index in [1.54, 1.807) is 0 Å². The number of hydrogen-bond acceptors (Lipinski definition) is 2. The molecule has 0 aromatic carbocycles. The van der Waals surface area contributed by atoms with Crippen LogP contribution in [0.4, 0.5) is 0 Å². The predicted octanol–water partition coefficient (Wildman–Crippen LogP) is 2.76. The number of nitrogens with zero attached hydrogens (tertiary/aromatic N) is 2. The van der Waals surface area contributed by atoms with E-state index in [1.807, 2.05) is 6.92 Å². The Balaban J connectivity index is 1.67. The van der Waals surface area contributed by atoms with Crippen molar-refractivity contribution in [2.45, 2.75) is 52.4 Å². The summed E-state index contributed by atoms with van der Waals surface area (Å²) in [5.74, 6) is 2.13. The first kappa shape index (κ1) is 14.8. The highest BCUT2D eigenvalue weighted by Crippen LogP contribution is 2.24. The van der Waals surface area contributed by atoms with Gasteiger partial charge in [-0.1, -0.05) is 20.3 Å². The molecule has 0 unspecified atom stereocenters. The maximum atomic E-state index is 11.6. The molecule has 0 spiro atoms. The van der Waals surface area contributed by atoms with E-state index >= 15 is 0 Å². The fourth-order valence-corrected chi connectivity index (χ4v) is 3.53. The Morgan fingerprint density at radius 3 is 2.05 bits per heavy atom. The van der Waals surface area contributed by atoms with Crippen molar-refractivity contribution in [3.63, 3.8) is 0 Å². The number of hydrogen-bond donors (Lipinski definition) is 0. The molecule has 0 radical (unpaired) electrons.